The van der Waals surface area contributed by atoms with E-state index in [4.69, 9.17) is 9.47 Å². The van der Waals surface area contributed by atoms with Crippen LogP contribution in [0.2, 0.25) is 0 Å². The van der Waals surface area contributed by atoms with Crippen LogP contribution in [0, 0.1) is 6.92 Å². The first-order valence-corrected chi connectivity index (χ1v) is 6.70. The van der Waals surface area contributed by atoms with Crippen molar-refractivity contribution in [3.63, 3.8) is 0 Å². The number of benzene rings is 1. The number of rotatable bonds is 0. The summed E-state index contributed by atoms with van der Waals surface area (Å²) < 4.78 is 11.9. The van der Waals surface area contributed by atoms with Gasteiger partial charge in [-0.15, -0.1) is 0 Å². The lowest BCUT2D eigenvalue weighted by molar-refractivity contribution is 0.286. The molecule has 0 bridgehead atoms. The van der Waals surface area contributed by atoms with E-state index in [1.165, 1.54) is 5.56 Å². The quantitative estimate of drug-likeness (QED) is 0.522. The molecule has 1 heterocycles. The van der Waals surface area contributed by atoms with Crippen LogP contribution in [0.1, 0.15) is 18.9 Å². The summed E-state index contributed by atoms with van der Waals surface area (Å²) >= 11 is 2.43. The first-order chi connectivity index (χ1) is 8.03. The molecule has 3 heteroatoms. The van der Waals surface area contributed by atoms with Crippen LogP contribution in [0.3, 0.4) is 0 Å². The number of ether oxygens (including phenoxy) is 2. The molecule has 1 atom stereocenters. The van der Waals surface area contributed by atoms with Crippen LogP contribution in [-0.2, 0) is 0 Å². The van der Waals surface area contributed by atoms with Crippen LogP contribution in [0.25, 0.3) is 0 Å². The molecule has 1 aliphatic heterocycles. The van der Waals surface area contributed by atoms with Crippen LogP contribution >= 0.6 is 22.6 Å². The van der Waals surface area contributed by atoms with E-state index in [1.54, 1.807) is 0 Å². The SMILES string of the molecule is Cc1ccc2c(c1)OC1=CCC(C)(I)C=C1O2. The van der Waals surface area contributed by atoms with Gasteiger partial charge in [-0.05, 0) is 50.1 Å². The maximum Gasteiger partial charge on any atom is 0.170 e. The van der Waals surface area contributed by atoms with Gasteiger partial charge in [0.05, 0.1) is 0 Å². The molecular formula is C14H13IO2. The molecule has 88 valence electrons. The van der Waals surface area contributed by atoms with Crippen molar-refractivity contribution in [1.82, 2.24) is 0 Å². The largest absolute Gasteiger partial charge is 0.450 e. The zero-order valence-electron chi connectivity index (χ0n) is 9.79. The molecule has 1 unspecified atom stereocenters. The highest BCUT2D eigenvalue weighted by Crippen LogP contribution is 2.42. The fourth-order valence-electron chi connectivity index (χ4n) is 1.98. The van der Waals surface area contributed by atoms with E-state index in [0.717, 1.165) is 29.4 Å². The van der Waals surface area contributed by atoms with Gasteiger partial charge in [0.2, 0.25) is 0 Å². The number of hydrogen-bond donors (Lipinski definition) is 0. The molecule has 0 aromatic heterocycles. The van der Waals surface area contributed by atoms with Gasteiger partial charge in [0.1, 0.15) is 0 Å². The monoisotopic (exact) mass is 340 g/mol. The summed E-state index contributed by atoms with van der Waals surface area (Å²) in [6.07, 6.45) is 5.20. The van der Waals surface area contributed by atoms with E-state index < -0.39 is 0 Å². The van der Waals surface area contributed by atoms with Gasteiger partial charge in [0.15, 0.2) is 23.0 Å². The van der Waals surface area contributed by atoms with Crippen molar-refractivity contribution < 1.29 is 9.47 Å². The molecule has 0 saturated carbocycles. The summed E-state index contributed by atoms with van der Waals surface area (Å²) in [4.78, 5) is 0. The van der Waals surface area contributed by atoms with E-state index in [-0.39, 0.29) is 3.42 Å². The van der Waals surface area contributed by atoms with Crippen LogP contribution < -0.4 is 9.47 Å². The Balaban J connectivity index is 2.04. The lowest BCUT2D eigenvalue weighted by atomic mass is 10.0. The van der Waals surface area contributed by atoms with Crippen LogP contribution in [0.4, 0.5) is 0 Å². The number of alkyl halides is 1. The average Bonchev–Trinajstić information content (AvgIpc) is 2.26. The van der Waals surface area contributed by atoms with Gasteiger partial charge in [0, 0.05) is 3.42 Å². The van der Waals surface area contributed by atoms with Gasteiger partial charge >= 0.3 is 0 Å². The molecule has 0 N–H and O–H groups in total. The molecule has 0 amide bonds. The van der Waals surface area contributed by atoms with Crippen molar-refractivity contribution in [3.05, 3.63) is 47.4 Å². The lowest BCUT2D eigenvalue weighted by Gasteiger charge is -2.29. The van der Waals surface area contributed by atoms with Crippen molar-refractivity contribution >= 4 is 22.6 Å². The third-order valence-corrected chi connectivity index (χ3v) is 3.65. The number of hydrogen-bond acceptors (Lipinski definition) is 2. The maximum atomic E-state index is 5.89. The Hall–Kier alpha value is -0.970. The molecule has 2 nitrogen and oxygen atoms in total. The fraction of sp³-hybridized carbons (Fsp3) is 0.286. The first-order valence-electron chi connectivity index (χ1n) is 5.62. The average molecular weight is 340 g/mol. The van der Waals surface area contributed by atoms with Crippen molar-refractivity contribution in [2.24, 2.45) is 0 Å². The lowest BCUT2D eigenvalue weighted by Crippen LogP contribution is -2.22. The van der Waals surface area contributed by atoms with E-state index in [9.17, 15) is 0 Å². The predicted molar refractivity (Wildman–Crippen MR) is 75.6 cm³/mol. The minimum atomic E-state index is 0.113. The Kier molecular flexibility index (Phi) is 2.47. The van der Waals surface area contributed by atoms with E-state index in [1.807, 2.05) is 25.1 Å². The third-order valence-electron chi connectivity index (χ3n) is 2.90. The summed E-state index contributed by atoms with van der Waals surface area (Å²) in [5.41, 5.74) is 1.18. The summed E-state index contributed by atoms with van der Waals surface area (Å²) in [5, 5.41) is 0. The molecule has 0 saturated heterocycles. The first kappa shape index (κ1) is 11.1. The van der Waals surface area contributed by atoms with Gasteiger partial charge < -0.3 is 9.47 Å². The number of fused-ring (bicyclic) bond motifs is 2. The van der Waals surface area contributed by atoms with Gasteiger partial charge in [-0.3, -0.25) is 0 Å². The Labute approximate surface area is 114 Å². The van der Waals surface area contributed by atoms with Gasteiger partial charge in [-0.1, -0.05) is 28.7 Å². The molecule has 0 radical (unpaired) electrons. The van der Waals surface area contributed by atoms with Crippen LogP contribution in [-0.4, -0.2) is 3.42 Å². The number of aryl methyl sites for hydroxylation is 1. The van der Waals surface area contributed by atoms with Crippen LogP contribution in [0.5, 0.6) is 11.5 Å². The molecular weight excluding hydrogens is 327 g/mol. The van der Waals surface area contributed by atoms with Gasteiger partial charge in [-0.2, -0.15) is 0 Å². The van der Waals surface area contributed by atoms with Crippen LogP contribution in [0.15, 0.2) is 41.9 Å². The maximum absolute atomic E-state index is 5.89. The summed E-state index contributed by atoms with van der Waals surface area (Å²) in [6.45, 7) is 4.23. The molecule has 0 spiro atoms. The zero-order chi connectivity index (χ0) is 12.0. The summed E-state index contributed by atoms with van der Waals surface area (Å²) in [6, 6.07) is 6.00. The fourth-order valence-corrected chi connectivity index (χ4v) is 2.49. The Morgan fingerprint density at radius 2 is 1.94 bits per heavy atom. The molecule has 1 aromatic carbocycles. The Morgan fingerprint density at radius 3 is 2.76 bits per heavy atom. The van der Waals surface area contributed by atoms with E-state index in [0.29, 0.717) is 0 Å². The minimum absolute atomic E-state index is 0.113. The van der Waals surface area contributed by atoms with Gasteiger partial charge in [0.25, 0.3) is 0 Å². The Bertz CT molecular complexity index is 541. The van der Waals surface area contributed by atoms with E-state index >= 15 is 0 Å². The summed E-state index contributed by atoms with van der Waals surface area (Å²) in [7, 11) is 0. The molecule has 1 aromatic rings. The summed E-state index contributed by atoms with van der Waals surface area (Å²) in [5.74, 6) is 3.29. The van der Waals surface area contributed by atoms with Crippen molar-refractivity contribution in [2.45, 2.75) is 23.7 Å². The molecule has 1 aliphatic carbocycles. The second-order valence-electron chi connectivity index (χ2n) is 4.71. The van der Waals surface area contributed by atoms with Gasteiger partial charge in [-0.25, -0.2) is 0 Å². The molecule has 3 rings (SSSR count). The molecule has 0 fully saturated rings. The smallest absolute Gasteiger partial charge is 0.170 e. The second-order valence-corrected chi connectivity index (χ2v) is 7.18. The van der Waals surface area contributed by atoms with Crippen molar-refractivity contribution in [2.75, 3.05) is 0 Å². The normalized spacial score (nSPS) is 25.8. The number of halogens is 1. The van der Waals surface area contributed by atoms with Crippen molar-refractivity contribution in [1.29, 1.82) is 0 Å². The second kappa shape index (κ2) is 3.77. The highest BCUT2D eigenvalue weighted by molar-refractivity contribution is 14.1. The van der Waals surface area contributed by atoms with E-state index in [2.05, 4.69) is 41.7 Å². The highest BCUT2D eigenvalue weighted by atomic mass is 127. The van der Waals surface area contributed by atoms with Crippen molar-refractivity contribution in [3.8, 4) is 11.5 Å². The zero-order valence-corrected chi connectivity index (χ0v) is 11.9. The third kappa shape index (κ3) is 2.08. The number of allylic oxidation sites excluding steroid dienone is 2. The highest BCUT2D eigenvalue weighted by Gasteiger charge is 2.29. The molecule has 17 heavy (non-hydrogen) atoms. The predicted octanol–water partition coefficient (Wildman–Crippen LogP) is 4.13. The minimum Gasteiger partial charge on any atom is -0.450 e. The standard InChI is InChI=1S/C14H13IO2/c1-9-3-4-10-12(7-9)16-11-5-6-14(2,15)8-13(11)17-10/h3-5,7-8H,6H2,1-2H3. The molecule has 2 aliphatic rings. The topological polar surface area (TPSA) is 18.5 Å². The Morgan fingerprint density at radius 1 is 1.18 bits per heavy atom.